The molecule has 0 bridgehead atoms. The van der Waals surface area contributed by atoms with Gasteiger partial charge >= 0.3 is 5.97 Å². The molecule has 1 aliphatic heterocycles. The van der Waals surface area contributed by atoms with Crippen LogP contribution in [0.2, 0.25) is 0 Å². The van der Waals surface area contributed by atoms with Gasteiger partial charge < -0.3 is 14.3 Å². The molecule has 9 heteroatoms. The summed E-state index contributed by atoms with van der Waals surface area (Å²) in [6, 6.07) is 9.13. The lowest BCUT2D eigenvalue weighted by atomic mass is 9.73. The molecule has 1 saturated carbocycles. The zero-order valence-electron chi connectivity index (χ0n) is 19.7. The molecule has 2 aromatic rings. The van der Waals surface area contributed by atoms with Crippen molar-refractivity contribution < 1.29 is 23.9 Å². The monoisotopic (exact) mass is 468 g/mol. The van der Waals surface area contributed by atoms with Gasteiger partial charge in [0.25, 0.3) is 5.91 Å². The van der Waals surface area contributed by atoms with Crippen LogP contribution in [0.1, 0.15) is 50.5 Å². The molecule has 9 nitrogen and oxygen atoms in total. The van der Waals surface area contributed by atoms with E-state index < -0.39 is 11.6 Å². The lowest BCUT2D eigenvalue weighted by Crippen LogP contribution is -2.55. The summed E-state index contributed by atoms with van der Waals surface area (Å²) in [4.78, 5) is 37.7. The maximum atomic E-state index is 13.4. The van der Waals surface area contributed by atoms with E-state index in [2.05, 4.69) is 20.3 Å². The van der Waals surface area contributed by atoms with Crippen LogP contribution in [0.15, 0.2) is 43.0 Å². The average Bonchev–Trinajstić information content (AvgIpc) is 3.23. The van der Waals surface area contributed by atoms with Crippen LogP contribution in [0.4, 0.5) is 5.95 Å². The van der Waals surface area contributed by atoms with Gasteiger partial charge in [-0.15, -0.1) is 0 Å². The summed E-state index contributed by atoms with van der Waals surface area (Å²) in [6.45, 7) is 1.19. The molecule has 1 aromatic heterocycles. The molecule has 0 spiro atoms. The molecule has 1 aliphatic carbocycles. The second kappa shape index (κ2) is 10.6. The predicted molar refractivity (Wildman–Crippen MR) is 125 cm³/mol. The molecule has 2 fully saturated rings. The number of hydrogen-bond acceptors (Lipinski definition) is 7. The third kappa shape index (κ3) is 5.26. The van der Waals surface area contributed by atoms with E-state index in [-0.39, 0.29) is 37.0 Å². The van der Waals surface area contributed by atoms with Crippen molar-refractivity contribution in [3.05, 3.63) is 48.5 Å². The Labute approximate surface area is 200 Å². The summed E-state index contributed by atoms with van der Waals surface area (Å²) < 4.78 is 6.28. The Bertz CT molecular complexity index is 970. The van der Waals surface area contributed by atoms with E-state index in [1.165, 1.54) is 12.7 Å². The summed E-state index contributed by atoms with van der Waals surface area (Å²) in [7, 11) is 2.00. The highest BCUT2D eigenvalue weighted by Crippen LogP contribution is 2.40. The molecule has 1 saturated heterocycles. The largest absolute Gasteiger partial charge is 0.457 e. The number of esters is 1. The summed E-state index contributed by atoms with van der Waals surface area (Å²) >= 11 is 0. The second-order valence-corrected chi connectivity index (χ2v) is 9.73. The maximum Gasteiger partial charge on any atom is 0.343 e. The fraction of sp³-hybridized carbons (Fsp3) is 0.560. The highest BCUT2D eigenvalue weighted by molar-refractivity contribution is 5.89. The number of rotatable bonds is 8. The van der Waals surface area contributed by atoms with Gasteiger partial charge in [0.1, 0.15) is 25.3 Å². The van der Waals surface area contributed by atoms with Crippen molar-refractivity contribution in [1.29, 1.82) is 0 Å². The molecule has 3 atom stereocenters. The first kappa shape index (κ1) is 24.2. The van der Waals surface area contributed by atoms with Crippen molar-refractivity contribution in [3.63, 3.8) is 0 Å². The Morgan fingerprint density at radius 1 is 1.09 bits per heavy atom. The number of quaternary nitrogens is 1. The van der Waals surface area contributed by atoms with Gasteiger partial charge in [-0.3, -0.25) is 10.1 Å². The third-order valence-corrected chi connectivity index (χ3v) is 7.47. The fourth-order valence-electron chi connectivity index (χ4n) is 5.46. The quantitative estimate of drug-likeness (QED) is 0.452. The number of hydrogen-bond donors (Lipinski definition) is 2. The Hall–Kier alpha value is -2.91. The molecule has 2 heterocycles. The van der Waals surface area contributed by atoms with E-state index in [9.17, 15) is 14.7 Å². The summed E-state index contributed by atoms with van der Waals surface area (Å²) in [5.74, 6) is -0.727. The van der Waals surface area contributed by atoms with Crippen LogP contribution in [-0.2, 0) is 19.9 Å². The average molecular weight is 469 g/mol. The lowest BCUT2D eigenvalue weighted by Gasteiger charge is -2.38. The highest BCUT2D eigenvalue weighted by atomic mass is 16.6. The van der Waals surface area contributed by atoms with E-state index in [1.807, 2.05) is 25.2 Å². The number of aliphatic hydroxyl groups is 1. The first-order chi connectivity index (χ1) is 16.4. The number of nitrogens with one attached hydrogen (secondary N) is 1. The van der Waals surface area contributed by atoms with Gasteiger partial charge in [0.15, 0.2) is 12.1 Å². The Balaban J connectivity index is 1.43. The third-order valence-electron chi connectivity index (χ3n) is 7.47. The van der Waals surface area contributed by atoms with E-state index in [0.717, 1.165) is 51.5 Å². The van der Waals surface area contributed by atoms with Gasteiger partial charge in [0.05, 0.1) is 13.6 Å². The van der Waals surface area contributed by atoms with Crippen molar-refractivity contribution in [2.24, 2.45) is 5.92 Å². The Morgan fingerprint density at radius 3 is 2.50 bits per heavy atom. The van der Waals surface area contributed by atoms with Crippen LogP contribution in [0.25, 0.3) is 0 Å². The van der Waals surface area contributed by atoms with Crippen LogP contribution in [0.3, 0.4) is 0 Å². The van der Waals surface area contributed by atoms with Crippen LogP contribution in [0.5, 0.6) is 0 Å². The minimum atomic E-state index is -1.65. The molecule has 182 valence electrons. The summed E-state index contributed by atoms with van der Waals surface area (Å²) in [5.41, 5.74) is -1.06. The molecule has 34 heavy (non-hydrogen) atoms. The van der Waals surface area contributed by atoms with E-state index >= 15 is 0 Å². The number of likely N-dealkylation sites (tertiary alicyclic amines) is 1. The molecular formula is C25H34N5O4+. The van der Waals surface area contributed by atoms with Gasteiger partial charge in [-0.05, 0) is 18.4 Å². The Morgan fingerprint density at radius 2 is 1.79 bits per heavy atom. The van der Waals surface area contributed by atoms with Gasteiger partial charge in [0, 0.05) is 18.8 Å². The van der Waals surface area contributed by atoms with Crippen molar-refractivity contribution >= 4 is 17.8 Å². The van der Waals surface area contributed by atoms with Gasteiger partial charge in [0.2, 0.25) is 5.95 Å². The molecule has 1 amide bonds. The zero-order chi connectivity index (χ0) is 24.0. The minimum Gasteiger partial charge on any atom is -0.457 e. The molecule has 3 unspecified atom stereocenters. The van der Waals surface area contributed by atoms with Crippen molar-refractivity contribution in [2.75, 3.05) is 32.1 Å². The molecule has 2 aliphatic rings. The lowest BCUT2D eigenvalue weighted by molar-refractivity contribution is -0.913. The molecule has 4 rings (SSSR count). The normalized spacial score (nSPS) is 24.8. The number of carbonyl (C=O) groups excluding carboxylic acids is 2. The van der Waals surface area contributed by atoms with Crippen molar-refractivity contribution in [1.82, 2.24) is 15.0 Å². The minimum absolute atomic E-state index is 0.0283. The van der Waals surface area contributed by atoms with E-state index in [0.29, 0.717) is 10.0 Å². The summed E-state index contributed by atoms with van der Waals surface area (Å²) in [5, 5.41) is 14.4. The predicted octanol–water partition coefficient (Wildman–Crippen LogP) is 2.43. The second-order valence-electron chi connectivity index (χ2n) is 9.73. The number of likely N-dealkylation sites (N-methyl/N-ethyl adjacent to an activating group) is 1. The molecule has 0 radical (unpaired) electrons. The Kier molecular flexibility index (Phi) is 7.53. The number of nitrogens with zero attached hydrogens (tertiary/aromatic N) is 4. The van der Waals surface area contributed by atoms with Crippen LogP contribution >= 0.6 is 0 Å². The van der Waals surface area contributed by atoms with E-state index in [1.54, 1.807) is 12.1 Å². The number of carbonyl (C=O) groups is 2. The van der Waals surface area contributed by atoms with E-state index in [4.69, 9.17) is 4.74 Å². The van der Waals surface area contributed by atoms with Gasteiger partial charge in [-0.1, -0.05) is 49.6 Å². The number of amides is 1. The van der Waals surface area contributed by atoms with Gasteiger partial charge in [-0.2, -0.15) is 0 Å². The first-order valence-corrected chi connectivity index (χ1v) is 12.1. The first-order valence-electron chi connectivity index (χ1n) is 12.1. The molecular weight excluding hydrogens is 434 g/mol. The smallest absolute Gasteiger partial charge is 0.343 e. The highest BCUT2D eigenvalue weighted by Gasteiger charge is 2.48. The SMILES string of the molecule is C[N+]1(CC(=O)Nc2ncncn2)CCCC1COC(=O)C(O)(c1ccccc1)C1CCCCC1. The fourth-order valence-corrected chi connectivity index (χ4v) is 5.46. The summed E-state index contributed by atoms with van der Waals surface area (Å²) in [6.07, 6.45) is 9.17. The maximum absolute atomic E-state index is 13.4. The molecule has 1 aromatic carbocycles. The standard InChI is InChI=1S/C25H33N5O4/c1-30(15-22(31)29-24-27-17-26-18-28-24)14-8-13-21(30)16-34-23(32)25(33,19-9-4-2-5-10-19)20-11-6-3-7-12-20/h2,4-5,9-10,17-18,20-21,33H,3,6-8,11-16H2,1H3/p+1. The van der Waals surface area contributed by atoms with Crippen LogP contribution < -0.4 is 5.32 Å². The van der Waals surface area contributed by atoms with Crippen molar-refractivity contribution in [3.8, 4) is 0 Å². The number of anilines is 1. The van der Waals surface area contributed by atoms with Crippen molar-refractivity contribution in [2.45, 2.75) is 56.6 Å². The van der Waals surface area contributed by atoms with Gasteiger partial charge in [-0.25, -0.2) is 19.7 Å². The number of ether oxygens (including phenoxy) is 1. The topological polar surface area (TPSA) is 114 Å². The van der Waals surface area contributed by atoms with Crippen LogP contribution in [0, 0.1) is 5.92 Å². The number of aromatic nitrogens is 3. The van der Waals surface area contributed by atoms with Crippen LogP contribution in [-0.4, -0.2) is 69.2 Å². The number of benzene rings is 1. The molecule has 2 N–H and O–H groups in total. The zero-order valence-corrected chi connectivity index (χ0v) is 19.7.